The molecule has 3 aromatic rings. The highest BCUT2D eigenvalue weighted by molar-refractivity contribution is 8.15. The number of nitriles is 1. The summed E-state index contributed by atoms with van der Waals surface area (Å²) in [6, 6.07) is 12.9. The zero-order chi connectivity index (χ0) is 29.5. The molecule has 1 N–H and O–H groups in total. The van der Waals surface area contributed by atoms with Crippen LogP contribution >= 0.6 is 10.5 Å². The van der Waals surface area contributed by atoms with E-state index in [4.69, 9.17) is 5.10 Å². The molecule has 1 saturated heterocycles. The van der Waals surface area contributed by atoms with Crippen LogP contribution in [0.2, 0.25) is 0 Å². The van der Waals surface area contributed by atoms with Crippen LogP contribution in [0.3, 0.4) is 0 Å². The highest BCUT2D eigenvalue weighted by atomic mass is 32.2. The van der Waals surface area contributed by atoms with Gasteiger partial charge in [0.25, 0.3) is 0 Å². The number of rotatable bonds is 6. The van der Waals surface area contributed by atoms with Crippen molar-refractivity contribution in [2.45, 2.75) is 56.4 Å². The van der Waals surface area contributed by atoms with Gasteiger partial charge in [0.2, 0.25) is 11.8 Å². The minimum atomic E-state index is -2.96. The standard InChI is InChI=1S/C31H33F3N6OS/c1-2-42-15-13-39(14-16-42)23-6-3-21(4-7-23)26-19-40(27-8-5-22(32)18-36-27)38-28(26)25-17-31(33,34)10-9-24(25)29(41)37-30(20-35)11-12-30/h2-8,18-19,24-25H,9-17H2,1H3,(H,37,41). The summed E-state index contributed by atoms with van der Waals surface area (Å²) in [6.07, 6.45) is 2.95. The van der Waals surface area contributed by atoms with E-state index in [2.05, 4.69) is 33.6 Å². The number of hydrogen-bond donors (Lipinski definition) is 1. The Morgan fingerprint density at radius 2 is 1.88 bits per heavy atom. The Bertz CT molecular complexity index is 1530. The normalized spacial score (nSPS) is 23.2. The number of amides is 1. The third kappa shape index (κ3) is 5.82. The lowest BCUT2D eigenvalue weighted by Crippen LogP contribution is -2.45. The van der Waals surface area contributed by atoms with Gasteiger partial charge in [0, 0.05) is 66.7 Å². The average Bonchev–Trinajstić information content (AvgIpc) is 3.63. The monoisotopic (exact) mass is 594 g/mol. The number of nitrogens with zero attached hydrogens (tertiary/aromatic N) is 5. The van der Waals surface area contributed by atoms with Gasteiger partial charge in [-0.05, 0) is 56.0 Å². The van der Waals surface area contributed by atoms with Crippen LogP contribution in [-0.2, 0) is 4.79 Å². The van der Waals surface area contributed by atoms with Crippen molar-refractivity contribution < 1.29 is 18.0 Å². The fourth-order valence-electron chi connectivity index (χ4n) is 5.97. The van der Waals surface area contributed by atoms with E-state index in [1.807, 2.05) is 24.3 Å². The first kappa shape index (κ1) is 28.5. The maximum absolute atomic E-state index is 14.9. The summed E-state index contributed by atoms with van der Waals surface area (Å²) < 4.78 is 45.0. The molecule has 1 aromatic carbocycles. The maximum Gasteiger partial charge on any atom is 0.248 e. The highest BCUT2D eigenvalue weighted by Gasteiger charge is 2.50. The number of benzene rings is 1. The van der Waals surface area contributed by atoms with Gasteiger partial charge >= 0.3 is 0 Å². The second-order valence-corrected chi connectivity index (χ2v) is 13.8. The fourth-order valence-corrected chi connectivity index (χ4v) is 7.56. The molecule has 3 aliphatic rings. The van der Waals surface area contributed by atoms with Gasteiger partial charge in [-0.15, -0.1) is 0 Å². The van der Waals surface area contributed by atoms with Crippen molar-refractivity contribution in [2.24, 2.45) is 5.92 Å². The lowest BCUT2D eigenvalue weighted by Gasteiger charge is -2.35. The molecular weight excluding hydrogens is 561 g/mol. The fraction of sp³-hybridized carbons (Fsp3) is 0.452. The molecule has 7 nitrogen and oxygen atoms in total. The van der Waals surface area contributed by atoms with Crippen LogP contribution in [0, 0.1) is 23.1 Å². The van der Waals surface area contributed by atoms with E-state index < -0.39 is 47.9 Å². The van der Waals surface area contributed by atoms with Crippen molar-refractivity contribution in [1.82, 2.24) is 20.1 Å². The van der Waals surface area contributed by atoms with E-state index in [0.717, 1.165) is 42.0 Å². The van der Waals surface area contributed by atoms with E-state index in [1.165, 1.54) is 16.8 Å². The Morgan fingerprint density at radius 3 is 2.50 bits per heavy atom. The second kappa shape index (κ2) is 11.2. The molecule has 1 amide bonds. The molecule has 2 atom stereocenters. The Balaban J connectivity index is 1.37. The molecule has 0 bridgehead atoms. The Labute approximate surface area is 245 Å². The summed E-state index contributed by atoms with van der Waals surface area (Å²) in [5.74, 6) is -2.91. The van der Waals surface area contributed by atoms with Crippen LogP contribution in [0.25, 0.3) is 16.9 Å². The first-order chi connectivity index (χ1) is 20.2. The van der Waals surface area contributed by atoms with Crippen LogP contribution in [0.1, 0.15) is 50.6 Å². The molecule has 6 rings (SSSR count). The van der Waals surface area contributed by atoms with Crippen LogP contribution < -0.4 is 10.2 Å². The third-order valence-electron chi connectivity index (χ3n) is 8.65. The number of carbonyl (C=O) groups is 1. The summed E-state index contributed by atoms with van der Waals surface area (Å²) in [7, 11) is 0.361. The van der Waals surface area contributed by atoms with E-state index >= 15 is 0 Å². The Hall–Kier alpha value is -3.65. The van der Waals surface area contributed by atoms with Gasteiger partial charge in [0.05, 0.1) is 18.0 Å². The minimum absolute atomic E-state index is 0.0170. The van der Waals surface area contributed by atoms with E-state index in [-0.39, 0.29) is 6.42 Å². The molecule has 2 aliphatic carbocycles. The second-order valence-electron chi connectivity index (χ2n) is 11.4. The summed E-state index contributed by atoms with van der Waals surface area (Å²) in [5, 5.41) is 19.3. The minimum Gasteiger partial charge on any atom is -0.370 e. The topological polar surface area (TPSA) is 86.8 Å². The van der Waals surface area contributed by atoms with Gasteiger partial charge in [-0.3, -0.25) is 4.79 Å². The quantitative estimate of drug-likeness (QED) is 0.372. The number of halogens is 3. The zero-order valence-corrected chi connectivity index (χ0v) is 24.2. The molecule has 2 saturated carbocycles. The van der Waals surface area contributed by atoms with E-state index in [1.54, 1.807) is 6.20 Å². The molecule has 0 spiro atoms. The van der Waals surface area contributed by atoms with Gasteiger partial charge < -0.3 is 10.2 Å². The maximum atomic E-state index is 14.9. The van der Waals surface area contributed by atoms with E-state index in [9.17, 15) is 23.2 Å². The van der Waals surface area contributed by atoms with Gasteiger partial charge in [0.15, 0.2) is 5.82 Å². The predicted molar refractivity (Wildman–Crippen MR) is 159 cm³/mol. The number of carbonyl (C=O) groups excluding carboxylic acids is 1. The van der Waals surface area contributed by atoms with E-state index in [0.29, 0.717) is 40.4 Å². The van der Waals surface area contributed by atoms with Crippen LogP contribution in [0.5, 0.6) is 0 Å². The molecular formula is C31H33F3N6OS. The lowest BCUT2D eigenvalue weighted by atomic mass is 9.74. The summed E-state index contributed by atoms with van der Waals surface area (Å²) in [6.45, 7) is 4.07. The van der Waals surface area contributed by atoms with Gasteiger partial charge in [-0.1, -0.05) is 17.5 Å². The molecule has 220 valence electrons. The first-order valence-electron chi connectivity index (χ1n) is 14.3. The molecule has 1 aliphatic heterocycles. The molecule has 11 heteroatoms. The van der Waals surface area contributed by atoms with Gasteiger partial charge in [-0.2, -0.15) is 20.8 Å². The number of pyridine rings is 1. The summed E-state index contributed by atoms with van der Waals surface area (Å²) in [5.41, 5.74) is 1.97. The molecule has 42 heavy (non-hydrogen) atoms. The van der Waals surface area contributed by atoms with Crippen molar-refractivity contribution in [3.8, 4) is 23.0 Å². The van der Waals surface area contributed by atoms with Crippen LogP contribution in [-0.4, -0.2) is 62.1 Å². The Morgan fingerprint density at radius 1 is 1.14 bits per heavy atom. The molecule has 2 aromatic heterocycles. The Kier molecular flexibility index (Phi) is 7.60. The highest BCUT2D eigenvalue weighted by Crippen LogP contribution is 2.48. The molecule has 3 fully saturated rings. The first-order valence-corrected chi connectivity index (χ1v) is 16.0. The number of anilines is 1. The van der Waals surface area contributed by atoms with Crippen molar-refractivity contribution >= 4 is 27.4 Å². The SMILES string of the molecule is CC=S1CCN(c2ccc(-c3cn(-c4ccc(F)cn4)nc3C3CC(F)(F)CCC3C(=O)NC3(C#N)CC3)cc2)CC1. The zero-order valence-electron chi connectivity index (χ0n) is 23.4. The number of hydrogen-bond acceptors (Lipinski definition) is 5. The van der Waals surface area contributed by atoms with Crippen molar-refractivity contribution in [3.63, 3.8) is 0 Å². The van der Waals surface area contributed by atoms with Crippen LogP contribution in [0.15, 0.2) is 48.8 Å². The molecule has 2 unspecified atom stereocenters. The predicted octanol–water partition coefficient (Wildman–Crippen LogP) is 5.68. The van der Waals surface area contributed by atoms with Gasteiger partial charge in [-0.25, -0.2) is 22.8 Å². The summed E-state index contributed by atoms with van der Waals surface area (Å²) in [4.78, 5) is 19.9. The molecule has 3 heterocycles. The third-order valence-corrected chi connectivity index (χ3v) is 10.7. The number of nitrogens with one attached hydrogen (secondary N) is 1. The smallest absolute Gasteiger partial charge is 0.248 e. The lowest BCUT2D eigenvalue weighted by molar-refractivity contribution is -0.131. The van der Waals surface area contributed by atoms with Crippen LogP contribution in [0.4, 0.5) is 18.9 Å². The van der Waals surface area contributed by atoms with Crippen molar-refractivity contribution in [1.29, 1.82) is 5.26 Å². The van der Waals surface area contributed by atoms with Gasteiger partial charge in [0.1, 0.15) is 11.4 Å². The van der Waals surface area contributed by atoms with Crippen molar-refractivity contribution in [2.75, 3.05) is 29.5 Å². The number of alkyl halides is 2. The molecule has 0 radical (unpaired) electrons. The van der Waals surface area contributed by atoms with Crippen molar-refractivity contribution in [3.05, 3.63) is 60.3 Å². The average molecular weight is 595 g/mol. The number of aromatic nitrogens is 3. The summed E-state index contributed by atoms with van der Waals surface area (Å²) >= 11 is 0. The largest absolute Gasteiger partial charge is 0.370 e.